The summed E-state index contributed by atoms with van der Waals surface area (Å²) >= 11 is 0. The van der Waals surface area contributed by atoms with Gasteiger partial charge in [0.25, 0.3) is 0 Å². The van der Waals surface area contributed by atoms with Crippen LogP contribution in [0, 0.1) is 0 Å². The molecule has 2 heterocycles. The van der Waals surface area contributed by atoms with E-state index in [0.29, 0.717) is 18.4 Å². The highest BCUT2D eigenvalue weighted by Gasteiger charge is 2.44. The third kappa shape index (κ3) is 2.33. The van der Waals surface area contributed by atoms with E-state index in [0.717, 1.165) is 4.90 Å². The van der Waals surface area contributed by atoms with Gasteiger partial charge in [0.05, 0.1) is 11.7 Å². The molecule has 0 unspecified atom stereocenters. The van der Waals surface area contributed by atoms with Crippen LogP contribution in [0.1, 0.15) is 24.4 Å². The number of amides is 1. The molecule has 0 spiro atoms. The summed E-state index contributed by atoms with van der Waals surface area (Å²) in [5.41, 5.74) is 9.11. The quantitative estimate of drug-likeness (QED) is 0.485. The monoisotopic (exact) mass is 312 g/mol. The van der Waals surface area contributed by atoms with Crippen LogP contribution in [0.4, 0.5) is 19.3 Å². The Morgan fingerprint density at radius 3 is 2.77 bits per heavy atom. The summed E-state index contributed by atoms with van der Waals surface area (Å²) in [7, 11) is 0. The number of carboxylic acid groups (broad SMARTS) is 1. The summed E-state index contributed by atoms with van der Waals surface area (Å²) in [4.78, 5) is 15.1. The minimum Gasteiger partial charge on any atom is -0.465 e. The number of hydrogen-bond acceptors (Lipinski definition) is 4. The number of hydrogen-bond donors (Lipinski definition) is 1. The zero-order chi connectivity index (χ0) is 15.9. The molecule has 1 aromatic rings. The average molecular weight is 312 g/mol. The molecule has 0 saturated carbocycles. The molecule has 8 nitrogen and oxygen atoms in total. The second kappa shape index (κ2) is 4.92. The first-order chi connectivity index (χ1) is 10.4. The summed E-state index contributed by atoms with van der Waals surface area (Å²) in [5, 5.41) is 12.9. The number of fused-ring (bicyclic) bond motifs is 2. The lowest BCUT2D eigenvalue weighted by Gasteiger charge is -2.20. The third-order valence-electron chi connectivity index (χ3n) is 3.48. The number of alkyl halides is 2. The van der Waals surface area contributed by atoms with Crippen LogP contribution >= 0.6 is 0 Å². The second-order valence-corrected chi connectivity index (χ2v) is 4.82. The Balaban J connectivity index is 2.15. The highest BCUT2D eigenvalue weighted by molar-refractivity contribution is 5.88. The van der Waals surface area contributed by atoms with Gasteiger partial charge in [-0.25, -0.2) is 4.79 Å². The number of benzene rings is 1. The molecule has 2 aliphatic rings. The number of azide groups is 1. The fourth-order valence-electron chi connectivity index (χ4n) is 2.60. The minimum atomic E-state index is -3.80. The van der Waals surface area contributed by atoms with E-state index in [4.69, 9.17) is 5.53 Å². The van der Waals surface area contributed by atoms with Crippen molar-refractivity contribution in [1.82, 2.24) is 0 Å². The number of carbonyl (C=O) groups is 1. The molecule has 1 N–H and O–H groups in total. The maximum atomic E-state index is 13.1. The Morgan fingerprint density at radius 2 is 2.14 bits per heavy atom. The molecule has 3 rings (SSSR count). The van der Waals surface area contributed by atoms with Crippen molar-refractivity contribution in [2.45, 2.75) is 25.2 Å². The van der Waals surface area contributed by atoms with E-state index < -0.39 is 18.4 Å². The lowest BCUT2D eigenvalue weighted by atomic mass is 10.0. The predicted octanol–water partition coefficient (Wildman–Crippen LogP) is 3.64. The van der Waals surface area contributed by atoms with Crippen LogP contribution in [-0.2, 0) is 0 Å². The zero-order valence-electron chi connectivity index (χ0n) is 11.1. The first kappa shape index (κ1) is 14.2. The fraction of sp³-hybridized carbons (Fsp3) is 0.417. The van der Waals surface area contributed by atoms with Crippen molar-refractivity contribution in [1.29, 1.82) is 0 Å². The molecule has 0 radical (unpaired) electrons. The lowest BCUT2D eigenvalue weighted by Crippen LogP contribution is -2.29. The van der Waals surface area contributed by atoms with E-state index in [1.54, 1.807) is 0 Å². The van der Waals surface area contributed by atoms with Gasteiger partial charge in [-0.2, -0.15) is 0 Å². The number of anilines is 1. The third-order valence-corrected chi connectivity index (χ3v) is 3.48. The van der Waals surface area contributed by atoms with Crippen molar-refractivity contribution < 1.29 is 28.2 Å². The molecule has 1 amide bonds. The molecular formula is C12H10F2N4O4. The molecule has 116 valence electrons. The largest absolute Gasteiger partial charge is 0.586 e. The first-order valence-corrected chi connectivity index (χ1v) is 6.40. The van der Waals surface area contributed by atoms with Crippen molar-refractivity contribution in [3.8, 4) is 11.5 Å². The minimum absolute atomic E-state index is 0.155. The molecule has 2 aliphatic heterocycles. The van der Waals surface area contributed by atoms with Gasteiger partial charge in [-0.3, -0.25) is 4.90 Å². The maximum absolute atomic E-state index is 13.1. The standard InChI is InChI=1S/C12H10F2N4O4/c13-12(14)21-9-4-6-7(16-17-15)2-1-3-18(11(19)20)8(6)5-10(9)22-12/h4-5,7H,1-3H2,(H,19,20)/t7-/m0/s1. The van der Waals surface area contributed by atoms with Crippen LogP contribution in [0.3, 0.4) is 0 Å². The molecule has 22 heavy (non-hydrogen) atoms. The predicted molar refractivity (Wildman–Crippen MR) is 69.1 cm³/mol. The Kier molecular flexibility index (Phi) is 3.18. The van der Waals surface area contributed by atoms with Crippen LogP contribution in [0.15, 0.2) is 17.2 Å². The van der Waals surface area contributed by atoms with Gasteiger partial charge in [0.15, 0.2) is 11.5 Å². The van der Waals surface area contributed by atoms with Crippen molar-refractivity contribution >= 4 is 11.8 Å². The Bertz CT molecular complexity index is 649. The van der Waals surface area contributed by atoms with Gasteiger partial charge in [-0.1, -0.05) is 5.11 Å². The highest BCUT2D eigenvalue weighted by atomic mass is 19.3. The molecule has 10 heteroatoms. The van der Waals surface area contributed by atoms with E-state index in [1.165, 1.54) is 12.1 Å². The highest BCUT2D eigenvalue weighted by Crippen LogP contribution is 2.48. The lowest BCUT2D eigenvalue weighted by molar-refractivity contribution is -0.286. The van der Waals surface area contributed by atoms with E-state index in [2.05, 4.69) is 19.5 Å². The van der Waals surface area contributed by atoms with Crippen LogP contribution in [0.2, 0.25) is 0 Å². The van der Waals surface area contributed by atoms with Crippen LogP contribution < -0.4 is 14.4 Å². The number of ether oxygens (including phenoxy) is 2. The normalized spacial score (nSPS) is 21.5. The smallest absolute Gasteiger partial charge is 0.465 e. The van der Waals surface area contributed by atoms with E-state index in [-0.39, 0.29) is 23.7 Å². The molecule has 1 aromatic carbocycles. The van der Waals surface area contributed by atoms with Gasteiger partial charge >= 0.3 is 12.4 Å². The molecule has 0 bridgehead atoms. The Morgan fingerprint density at radius 1 is 1.45 bits per heavy atom. The maximum Gasteiger partial charge on any atom is 0.586 e. The van der Waals surface area contributed by atoms with Crippen LogP contribution in [0.5, 0.6) is 11.5 Å². The van der Waals surface area contributed by atoms with Crippen molar-refractivity contribution in [2.24, 2.45) is 5.11 Å². The summed E-state index contributed by atoms with van der Waals surface area (Å²) in [6.07, 6.45) is -4.16. The van der Waals surface area contributed by atoms with E-state index in [1.807, 2.05) is 0 Å². The average Bonchev–Trinajstić information content (AvgIpc) is 2.62. The fourth-order valence-corrected chi connectivity index (χ4v) is 2.60. The van der Waals surface area contributed by atoms with E-state index in [9.17, 15) is 18.7 Å². The first-order valence-electron chi connectivity index (χ1n) is 6.40. The Labute approximate surface area is 122 Å². The number of nitrogens with zero attached hydrogens (tertiary/aromatic N) is 4. The van der Waals surface area contributed by atoms with E-state index >= 15 is 0 Å². The second-order valence-electron chi connectivity index (χ2n) is 4.82. The number of rotatable bonds is 1. The van der Waals surface area contributed by atoms with Crippen molar-refractivity contribution in [3.05, 3.63) is 28.1 Å². The van der Waals surface area contributed by atoms with Gasteiger partial charge in [0, 0.05) is 17.5 Å². The molecule has 0 fully saturated rings. The van der Waals surface area contributed by atoms with Crippen molar-refractivity contribution in [3.63, 3.8) is 0 Å². The van der Waals surface area contributed by atoms with Gasteiger partial charge in [-0.15, -0.1) is 8.78 Å². The molecule has 0 aromatic heterocycles. The molecule has 1 atom stereocenters. The Hall–Kier alpha value is -2.74. The number of halogens is 2. The SMILES string of the molecule is [N-]=[N+]=N[C@H]1CCCN(C(=O)O)c2cc3c(cc21)OC(F)(F)O3. The van der Waals surface area contributed by atoms with Gasteiger partial charge in [-0.05, 0) is 30.0 Å². The van der Waals surface area contributed by atoms with Gasteiger partial charge in [0.2, 0.25) is 0 Å². The van der Waals surface area contributed by atoms with Crippen LogP contribution in [0.25, 0.3) is 10.4 Å². The summed E-state index contributed by atoms with van der Waals surface area (Å²) in [6.45, 7) is 0.163. The molecule has 0 saturated heterocycles. The van der Waals surface area contributed by atoms with Crippen molar-refractivity contribution in [2.75, 3.05) is 11.4 Å². The molecule has 0 aliphatic carbocycles. The van der Waals surface area contributed by atoms with Gasteiger partial charge < -0.3 is 14.6 Å². The van der Waals surface area contributed by atoms with Gasteiger partial charge in [0.1, 0.15) is 0 Å². The molecular weight excluding hydrogens is 302 g/mol. The summed E-state index contributed by atoms with van der Waals surface area (Å²) < 4.78 is 35.0. The summed E-state index contributed by atoms with van der Waals surface area (Å²) in [5.74, 6) is -0.467. The topological polar surface area (TPSA) is 108 Å². The zero-order valence-corrected chi connectivity index (χ0v) is 11.1. The van der Waals surface area contributed by atoms with Crippen LogP contribution in [-0.4, -0.2) is 24.0 Å². The summed E-state index contributed by atoms with van der Waals surface area (Å²) in [6, 6.07) is 1.75.